The molecule has 11 heteroatoms. The van der Waals surface area contributed by atoms with Gasteiger partial charge in [0.2, 0.25) is 5.91 Å². The maximum atomic E-state index is 12.8. The van der Waals surface area contributed by atoms with Crippen molar-refractivity contribution in [3.05, 3.63) is 58.5 Å². The van der Waals surface area contributed by atoms with E-state index in [1.165, 1.54) is 18.7 Å². The predicted molar refractivity (Wildman–Crippen MR) is 103 cm³/mol. The fourth-order valence-corrected chi connectivity index (χ4v) is 3.11. The largest absolute Gasteiger partial charge is 0.454 e. The fourth-order valence-electron chi connectivity index (χ4n) is 3.11. The molecule has 31 heavy (non-hydrogen) atoms. The number of pyridine rings is 1. The van der Waals surface area contributed by atoms with E-state index >= 15 is 0 Å². The summed E-state index contributed by atoms with van der Waals surface area (Å²) in [4.78, 5) is 50.2. The molecule has 0 spiro atoms. The highest BCUT2D eigenvalue weighted by molar-refractivity contribution is 6.14. The number of fused-ring (bicyclic) bond motifs is 1. The number of amides is 2. The van der Waals surface area contributed by atoms with Crippen molar-refractivity contribution in [1.82, 2.24) is 4.57 Å². The number of carbonyl (C=O) groups excluding carboxylic acids is 3. The van der Waals surface area contributed by atoms with E-state index in [9.17, 15) is 32.3 Å². The van der Waals surface area contributed by atoms with Gasteiger partial charge in [-0.1, -0.05) is 12.1 Å². The number of ether oxygens (including phenoxy) is 1. The number of para-hydroxylation sites is 2. The summed E-state index contributed by atoms with van der Waals surface area (Å²) in [6, 6.07) is 7.85. The highest BCUT2D eigenvalue weighted by Gasteiger charge is 2.43. The molecule has 0 radical (unpaired) electrons. The number of halogens is 3. The van der Waals surface area contributed by atoms with Crippen molar-refractivity contribution < 1.29 is 32.3 Å². The van der Waals surface area contributed by atoms with E-state index in [2.05, 4.69) is 5.32 Å². The summed E-state index contributed by atoms with van der Waals surface area (Å²) < 4.78 is 43.9. The molecule has 2 amide bonds. The normalized spacial score (nSPS) is 15.1. The molecule has 164 valence electrons. The molecule has 1 aliphatic heterocycles. The number of alkyl halides is 3. The molecule has 1 aromatic carbocycles. The van der Waals surface area contributed by atoms with Gasteiger partial charge in [-0.3, -0.25) is 24.1 Å². The quantitative estimate of drug-likeness (QED) is 0.740. The predicted octanol–water partition coefficient (Wildman–Crippen LogP) is 2.17. The van der Waals surface area contributed by atoms with Gasteiger partial charge in [-0.15, -0.1) is 0 Å². The van der Waals surface area contributed by atoms with Crippen LogP contribution in [0.1, 0.15) is 19.4 Å². The van der Waals surface area contributed by atoms with Gasteiger partial charge < -0.3 is 14.6 Å². The van der Waals surface area contributed by atoms with Crippen molar-refractivity contribution in [3.63, 3.8) is 0 Å². The molecular formula is C20H18F3N3O5. The molecule has 0 unspecified atom stereocenters. The van der Waals surface area contributed by atoms with Gasteiger partial charge in [0.15, 0.2) is 6.61 Å². The Labute approximate surface area is 174 Å². The molecule has 8 nitrogen and oxygen atoms in total. The van der Waals surface area contributed by atoms with E-state index in [4.69, 9.17) is 4.74 Å². The molecule has 0 saturated heterocycles. The number of aromatic nitrogens is 1. The number of rotatable bonds is 4. The Balaban J connectivity index is 1.73. The lowest BCUT2D eigenvalue weighted by Crippen LogP contribution is -2.59. The van der Waals surface area contributed by atoms with Crippen LogP contribution in [0, 0.1) is 0 Å². The van der Waals surface area contributed by atoms with Crippen molar-refractivity contribution >= 4 is 29.2 Å². The minimum atomic E-state index is -4.69. The average molecular weight is 437 g/mol. The Hall–Kier alpha value is -3.63. The monoisotopic (exact) mass is 437 g/mol. The number of anilines is 2. The minimum Gasteiger partial charge on any atom is -0.454 e. The van der Waals surface area contributed by atoms with E-state index in [-0.39, 0.29) is 0 Å². The van der Waals surface area contributed by atoms with E-state index in [1.807, 2.05) is 0 Å². The van der Waals surface area contributed by atoms with E-state index in [1.54, 1.807) is 24.3 Å². The second kappa shape index (κ2) is 7.89. The zero-order chi connectivity index (χ0) is 23.0. The SMILES string of the molecule is CC1(C)C(=O)Nc2ccccc2N1C(=O)COC(=O)Cn1cc(C(F)(F)F)ccc1=O. The van der Waals surface area contributed by atoms with Gasteiger partial charge >= 0.3 is 12.1 Å². The summed E-state index contributed by atoms with van der Waals surface area (Å²) in [5.74, 6) is -2.24. The second-order valence-electron chi connectivity index (χ2n) is 7.30. The topological polar surface area (TPSA) is 97.7 Å². The number of hydrogen-bond donors (Lipinski definition) is 1. The molecule has 1 N–H and O–H groups in total. The van der Waals surface area contributed by atoms with Crippen LogP contribution in [0.4, 0.5) is 24.5 Å². The molecule has 1 aliphatic rings. The van der Waals surface area contributed by atoms with Crippen LogP contribution < -0.4 is 15.8 Å². The van der Waals surface area contributed by atoms with Crippen LogP contribution in [0.3, 0.4) is 0 Å². The van der Waals surface area contributed by atoms with Crippen molar-refractivity contribution in [2.75, 3.05) is 16.8 Å². The van der Waals surface area contributed by atoms with Gasteiger partial charge in [-0.2, -0.15) is 13.2 Å². The lowest BCUT2D eigenvalue weighted by molar-refractivity contribution is -0.149. The Kier molecular flexibility index (Phi) is 5.62. The Morgan fingerprint density at radius 2 is 1.77 bits per heavy atom. The molecule has 2 aromatic rings. The molecule has 1 aromatic heterocycles. The lowest BCUT2D eigenvalue weighted by Gasteiger charge is -2.41. The second-order valence-corrected chi connectivity index (χ2v) is 7.30. The van der Waals surface area contributed by atoms with Crippen LogP contribution >= 0.6 is 0 Å². The van der Waals surface area contributed by atoms with Gasteiger partial charge in [0.1, 0.15) is 12.1 Å². The number of carbonyl (C=O) groups is 3. The number of hydrogen-bond acceptors (Lipinski definition) is 5. The van der Waals surface area contributed by atoms with Gasteiger partial charge in [0, 0.05) is 12.3 Å². The van der Waals surface area contributed by atoms with Gasteiger partial charge in [-0.25, -0.2) is 0 Å². The molecule has 0 saturated carbocycles. The lowest BCUT2D eigenvalue weighted by atomic mass is 9.96. The Morgan fingerprint density at radius 3 is 2.45 bits per heavy atom. The first-order chi connectivity index (χ1) is 14.4. The standard InChI is InChI=1S/C20H18F3N3O5/c1-19(2)18(30)24-13-5-3-4-6-14(13)26(19)16(28)11-31-17(29)10-25-9-12(20(21,22)23)7-8-15(25)27/h3-9H,10-11H2,1-2H3,(H,24,30). The fraction of sp³-hybridized carbons (Fsp3) is 0.300. The van der Waals surface area contributed by atoms with Crippen LogP contribution in [0.15, 0.2) is 47.4 Å². The molecular weight excluding hydrogens is 419 g/mol. The third-order valence-electron chi connectivity index (χ3n) is 4.72. The number of nitrogens with one attached hydrogen (secondary N) is 1. The van der Waals surface area contributed by atoms with Crippen LogP contribution in [0.25, 0.3) is 0 Å². The highest BCUT2D eigenvalue weighted by atomic mass is 19.4. The average Bonchev–Trinajstić information content (AvgIpc) is 2.68. The van der Waals surface area contributed by atoms with E-state index in [0.717, 1.165) is 0 Å². The number of benzene rings is 1. The summed E-state index contributed by atoms with van der Waals surface area (Å²) >= 11 is 0. The first kappa shape index (κ1) is 22.1. The third kappa shape index (κ3) is 4.44. The first-order valence-electron chi connectivity index (χ1n) is 9.08. The maximum absolute atomic E-state index is 12.8. The summed E-state index contributed by atoms with van der Waals surface area (Å²) in [7, 11) is 0. The number of nitrogens with zero attached hydrogens (tertiary/aromatic N) is 2. The van der Waals surface area contributed by atoms with Gasteiger partial charge in [0.25, 0.3) is 11.5 Å². The van der Waals surface area contributed by atoms with Gasteiger partial charge in [0.05, 0.1) is 16.9 Å². The van der Waals surface area contributed by atoms with Crippen molar-refractivity contribution in [2.24, 2.45) is 0 Å². The van der Waals surface area contributed by atoms with Crippen molar-refractivity contribution in [3.8, 4) is 0 Å². The summed E-state index contributed by atoms with van der Waals surface area (Å²) in [5, 5.41) is 2.69. The summed E-state index contributed by atoms with van der Waals surface area (Å²) in [6.45, 7) is 1.45. The summed E-state index contributed by atoms with van der Waals surface area (Å²) in [5.41, 5.74) is -2.41. The minimum absolute atomic E-state index is 0.405. The molecule has 3 rings (SSSR count). The molecule has 0 atom stereocenters. The molecule has 2 heterocycles. The Bertz CT molecular complexity index is 1110. The van der Waals surface area contributed by atoms with Crippen LogP contribution in [0.5, 0.6) is 0 Å². The first-order valence-corrected chi connectivity index (χ1v) is 9.08. The van der Waals surface area contributed by atoms with Crippen LogP contribution in [-0.4, -0.2) is 34.5 Å². The highest BCUT2D eigenvalue weighted by Crippen LogP contribution is 2.36. The third-order valence-corrected chi connectivity index (χ3v) is 4.72. The zero-order valence-corrected chi connectivity index (χ0v) is 16.5. The van der Waals surface area contributed by atoms with E-state index in [0.29, 0.717) is 34.3 Å². The zero-order valence-electron chi connectivity index (χ0n) is 16.5. The Morgan fingerprint density at radius 1 is 1.10 bits per heavy atom. The summed E-state index contributed by atoms with van der Waals surface area (Å²) in [6.07, 6.45) is -4.19. The van der Waals surface area contributed by atoms with Crippen molar-refractivity contribution in [1.29, 1.82) is 0 Å². The molecule has 0 aliphatic carbocycles. The van der Waals surface area contributed by atoms with Gasteiger partial charge in [-0.05, 0) is 32.0 Å². The maximum Gasteiger partial charge on any atom is 0.417 e. The molecule has 0 fully saturated rings. The van der Waals surface area contributed by atoms with Crippen LogP contribution in [0.2, 0.25) is 0 Å². The number of esters is 1. The van der Waals surface area contributed by atoms with Crippen LogP contribution in [-0.2, 0) is 31.8 Å². The van der Waals surface area contributed by atoms with E-state index < -0.39 is 53.8 Å². The van der Waals surface area contributed by atoms with Crippen molar-refractivity contribution in [2.45, 2.75) is 32.1 Å². The smallest absolute Gasteiger partial charge is 0.417 e. The molecule has 0 bridgehead atoms.